The highest BCUT2D eigenvalue weighted by Gasteiger charge is 2.12. The standard InChI is InChI=1S/C16H25FN2O2.ClH/c1-21-15(13-7-9-14(17)10-8-13)12-19-16(20)6-4-2-3-5-11-18;/h7-10,15H,2-6,11-12,18H2,1H3,(H,19,20);1H. The quantitative estimate of drug-likeness (QED) is 0.647. The van der Waals surface area contributed by atoms with Crippen LogP contribution in [0, 0.1) is 5.82 Å². The van der Waals surface area contributed by atoms with Crippen LogP contribution >= 0.6 is 12.4 Å². The number of nitrogens with one attached hydrogen (secondary N) is 1. The van der Waals surface area contributed by atoms with Gasteiger partial charge >= 0.3 is 0 Å². The lowest BCUT2D eigenvalue weighted by atomic mass is 10.1. The molecular formula is C16H26ClFN2O2. The maximum absolute atomic E-state index is 12.9. The zero-order chi connectivity index (χ0) is 15.5. The lowest BCUT2D eigenvalue weighted by Gasteiger charge is -2.16. The number of benzene rings is 1. The molecular weight excluding hydrogens is 307 g/mol. The van der Waals surface area contributed by atoms with E-state index in [1.807, 2.05) is 0 Å². The van der Waals surface area contributed by atoms with Crippen molar-refractivity contribution < 1.29 is 13.9 Å². The first-order chi connectivity index (χ1) is 10.2. The number of methoxy groups -OCH3 is 1. The van der Waals surface area contributed by atoms with E-state index in [1.165, 1.54) is 12.1 Å². The van der Waals surface area contributed by atoms with Crippen molar-refractivity contribution in [2.24, 2.45) is 5.73 Å². The Bertz CT molecular complexity index is 415. The lowest BCUT2D eigenvalue weighted by molar-refractivity contribution is -0.121. The molecule has 0 saturated carbocycles. The van der Waals surface area contributed by atoms with E-state index >= 15 is 0 Å². The second-order valence-electron chi connectivity index (χ2n) is 5.03. The van der Waals surface area contributed by atoms with Crippen LogP contribution in [0.2, 0.25) is 0 Å². The summed E-state index contributed by atoms with van der Waals surface area (Å²) in [6, 6.07) is 6.12. The summed E-state index contributed by atoms with van der Waals surface area (Å²) in [4.78, 5) is 11.7. The van der Waals surface area contributed by atoms with Crippen LogP contribution < -0.4 is 11.1 Å². The summed E-state index contributed by atoms with van der Waals surface area (Å²) in [7, 11) is 1.58. The number of unbranched alkanes of at least 4 members (excludes halogenated alkanes) is 3. The molecule has 0 spiro atoms. The van der Waals surface area contributed by atoms with Crippen LogP contribution in [0.4, 0.5) is 4.39 Å². The van der Waals surface area contributed by atoms with Gasteiger partial charge in [-0.25, -0.2) is 4.39 Å². The predicted octanol–water partition coefficient (Wildman–Crippen LogP) is 2.96. The molecule has 1 aromatic rings. The minimum atomic E-state index is -0.282. The highest BCUT2D eigenvalue weighted by molar-refractivity contribution is 5.85. The molecule has 0 aliphatic rings. The molecule has 0 radical (unpaired) electrons. The zero-order valence-electron chi connectivity index (χ0n) is 13.0. The fourth-order valence-electron chi connectivity index (χ4n) is 2.09. The van der Waals surface area contributed by atoms with Crippen LogP contribution in [0.25, 0.3) is 0 Å². The molecule has 22 heavy (non-hydrogen) atoms. The highest BCUT2D eigenvalue weighted by Crippen LogP contribution is 2.16. The van der Waals surface area contributed by atoms with Crippen LogP contribution in [-0.2, 0) is 9.53 Å². The molecule has 4 nitrogen and oxygen atoms in total. The Morgan fingerprint density at radius 2 is 1.86 bits per heavy atom. The Balaban J connectivity index is 0.00000441. The molecule has 1 amide bonds. The van der Waals surface area contributed by atoms with Crippen molar-refractivity contribution in [2.45, 2.75) is 38.2 Å². The van der Waals surface area contributed by atoms with Crippen molar-refractivity contribution in [2.75, 3.05) is 20.2 Å². The SMILES string of the molecule is COC(CNC(=O)CCCCCCN)c1ccc(F)cc1.Cl. The molecule has 0 aliphatic heterocycles. The summed E-state index contributed by atoms with van der Waals surface area (Å²) < 4.78 is 18.2. The van der Waals surface area contributed by atoms with Crippen LogP contribution in [0.3, 0.4) is 0 Å². The fraction of sp³-hybridized carbons (Fsp3) is 0.562. The Morgan fingerprint density at radius 3 is 2.45 bits per heavy atom. The molecule has 0 saturated heterocycles. The van der Waals surface area contributed by atoms with Gasteiger partial charge in [-0.05, 0) is 37.1 Å². The van der Waals surface area contributed by atoms with E-state index in [0.717, 1.165) is 31.2 Å². The van der Waals surface area contributed by atoms with Crippen LogP contribution in [0.1, 0.15) is 43.8 Å². The van der Waals surface area contributed by atoms with E-state index in [2.05, 4.69) is 5.32 Å². The lowest BCUT2D eigenvalue weighted by Crippen LogP contribution is -2.28. The van der Waals surface area contributed by atoms with Gasteiger partial charge in [0.25, 0.3) is 0 Å². The number of carbonyl (C=O) groups is 1. The van der Waals surface area contributed by atoms with Gasteiger partial charge in [0.15, 0.2) is 0 Å². The first-order valence-electron chi connectivity index (χ1n) is 7.42. The second kappa shape index (κ2) is 12.4. The van der Waals surface area contributed by atoms with Crippen molar-refractivity contribution >= 4 is 18.3 Å². The molecule has 0 heterocycles. The molecule has 1 unspecified atom stereocenters. The average Bonchev–Trinajstić information content (AvgIpc) is 2.49. The number of carbonyl (C=O) groups excluding carboxylic acids is 1. The summed E-state index contributed by atoms with van der Waals surface area (Å²) in [5, 5.41) is 2.86. The van der Waals surface area contributed by atoms with Gasteiger partial charge in [0, 0.05) is 20.1 Å². The minimum absolute atomic E-state index is 0. The topological polar surface area (TPSA) is 64.3 Å². The van der Waals surface area contributed by atoms with E-state index in [9.17, 15) is 9.18 Å². The van der Waals surface area contributed by atoms with E-state index in [4.69, 9.17) is 10.5 Å². The van der Waals surface area contributed by atoms with Gasteiger partial charge in [-0.15, -0.1) is 12.4 Å². The molecule has 6 heteroatoms. The Labute approximate surface area is 138 Å². The van der Waals surface area contributed by atoms with Gasteiger partial charge in [-0.1, -0.05) is 25.0 Å². The minimum Gasteiger partial charge on any atom is -0.375 e. The van der Waals surface area contributed by atoms with Crippen LogP contribution in [0.15, 0.2) is 24.3 Å². The van der Waals surface area contributed by atoms with Crippen molar-refractivity contribution in [1.29, 1.82) is 0 Å². The van der Waals surface area contributed by atoms with E-state index in [1.54, 1.807) is 19.2 Å². The Kier molecular flexibility index (Phi) is 11.7. The van der Waals surface area contributed by atoms with Gasteiger partial charge in [0.1, 0.15) is 5.82 Å². The molecule has 0 aliphatic carbocycles. The number of rotatable bonds is 10. The fourth-order valence-corrected chi connectivity index (χ4v) is 2.09. The summed E-state index contributed by atoms with van der Waals surface area (Å²) in [5.41, 5.74) is 6.26. The number of hydrogen-bond acceptors (Lipinski definition) is 3. The van der Waals surface area contributed by atoms with E-state index in [0.29, 0.717) is 19.5 Å². The third-order valence-corrected chi connectivity index (χ3v) is 3.37. The maximum atomic E-state index is 12.9. The number of nitrogens with two attached hydrogens (primary N) is 1. The average molecular weight is 333 g/mol. The van der Waals surface area contributed by atoms with Gasteiger partial charge in [-0.2, -0.15) is 0 Å². The van der Waals surface area contributed by atoms with Gasteiger partial charge in [0.05, 0.1) is 6.10 Å². The van der Waals surface area contributed by atoms with E-state index in [-0.39, 0.29) is 30.2 Å². The predicted molar refractivity (Wildman–Crippen MR) is 88.5 cm³/mol. The number of hydrogen-bond donors (Lipinski definition) is 2. The molecule has 1 atom stereocenters. The third kappa shape index (κ3) is 8.32. The summed E-state index contributed by atoms with van der Waals surface area (Å²) in [6.07, 6.45) is 4.24. The Morgan fingerprint density at radius 1 is 1.23 bits per heavy atom. The Hall–Kier alpha value is -1.17. The molecule has 1 rings (SSSR count). The second-order valence-corrected chi connectivity index (χ2v) is 5.03. The molecule has 126 valence electrons. The van der Waals surface area contributed by atoms with Crippen LogP contribution in [-0.4, -0.2) is 26.1 Å². The van der Waals surface area contributed by atoms with Gasteiger partial charge in [0.2, 0.25) is 5.91 Å². The largest absolute Gasteiger partial charge is 0.375 e. The van der Waals surface area contributed by atoms with E-state index < -0.39 is 0 Å². The number of amides is 1. The van der Waals surface area contributed by atoms with Crippen molar-refractivity contribution in [3.8, 4) is 0 Å². The molecule has 3 N–H and O–H groups in total. The molecule has 0 bridgehead atoms. The first-order valence-corrected chi connectivity index (χ1v) is 7.42. The van der Waals surface area contributed by atoms with Gasteiger partial charge in [-0.3, -0.25) is 4.79 Å². The van der Waals surface area contributed by atoms with Gasteiger partial charge < -0.3 is 15.8 Å². The normalized spacial score (nSPS) is 11.6. The molecule has 0 aromatic heterocycles. The van der Waals surface area contributed by atoms with Crippen molar-refractivity contribution in [3.05, 3.63) is 35.6 Å². The monoisotopic (exact) mass is 332 g/mol. The summed E-state index contributed by atoms with van der Waals surface area (Å²) in [6.45, 7) is 1.10. The first kappa shape index (κ1) is 20.8. The third-order valence-electron chi connectivity index (χ3n) is 3.37. The van der Waals surface area contributed by atoms with Crippen molar-refractivity contribution in [3.63, 3.8) is 0 Å². The summed E-state index contributed by atoms with van der Waals surface area (Å²) in [5.74, 6) is -0.262. The maximum Gasteiger partial charge on any atom is 0.220 e. The molecule has 1 aromatic carbocycles. The number of halogens is 2. The molecule has 0 fully saturated rings. The smallest absolute Gasteiger partial charge is 0.220 e. The van der Waals surface area contributed by atoms with Crippen LogP contribution in [0.5, 0.6) is 0 Å². The zero-order valence-corrected chi connectivity index (χ0v) is 13.8. The highest BCUT2D eigenvalue weighted by atomic mass is 35.5. The summed E-state index contributed by atoms with van der Waals surface area (Å²) >= 11 is 0. The van der Waals surface area contributed by atoms with Crippen molar-refractivity contribution in [1.82, 2.24) is 5.32 Å². The number of ether oxygens (including phenoxy) is 1.